The molecule has 0 unspecified atom stereocenters. The molecule has 8 heterocycles. The molecule has 4 amide bonds. The van der Waals surface area contributed by atoms with E-state index in [1.165, 1.54) is 0 Å². The average Bonchev–Trinajstić information content (AvgIpc) is 4.05. The van der Waals surface area contributed by atoms with Crippen molar-refractivity contribution in [2.45, 2.75) is 90.6 Å². The number of imidazole rings is 2. The minimum atomic E-state index is -0.639. The number of aliphatic hydroxyl groups is 2. The van der Waals surface area contributed by atoms with Crippen molar-refractivity contribution in [2.75, 3.05) is 26.3 Å². The Balaban J connectivity index is 0.000000196. The Bertz CT molecular complexity index is 2450. The Labute approximate surface area is 383 Å². The lowest BCUT2D eigenvalue weighted by Crippen LogP contribution is -2.49. The molecule has 0 spiro atoms. The van der Waals surface area contributed by atoms with E-state index in [-0.39, 0.29) is 61.1 Å². The van der Waals surface area contributed by atoms with Crippen LogP contribution in [0.5, 0.6) is 0 Å². The molecule has 4 aliphatic heterocycles. The highest BCUT2D eigenvalue weighted by atomic mass is 16.3. The van der Waals surface area contributed by atoms with Gasteiger partial charge in [0.25, 0.3) is 11.1 Å². The number of carbonyl (C=O) groups excluding carboxylic acids is 4. The van der Waals surface area contributed by atoms with Gasteiger partial charge in [0.05, 0.1) is 60.0 Å². The second-order valence-electron chi connectivity index (χ2n) is 17.5. The third-order valence-electron chi connectivity index (χ3n) is 13.5. The zero-order chi connectivity index (χ0) is 47.4. The van der Waals surface area contributed by atoms with Crippen LogP contribution in [0, 0.1) is 23.7 Å². The Kier molecular flexibility index (Phi) is 14.7. The zero-order valence-electron chi connectivity index (χ0n) is 38.5. The highest BCUT2D eigenvalue weighted by molar-refractivity contribution is 5.85. The second-order valence-corrected chi connectivity index (χ2v) is 17.5. The molecular weight excluding hydrogens is 845 g/mol. The molecule has 18 heteroatoms. The second kappa shape index (κ2) is 20.4. The highest BCUT2D eigenvalue weighted by Crippen LogP contribution is 2.50. The Hall–Kier alpha value is -6.40. The normalized spacial score (nSPS) is 23.7. The monoisotopic (exact) mass is 906 g/mol. The van der Waals surface area contributed by atoms with E-state index in [9.17, 15) is 39.0 Å². The van der Waals surface area contributed by atoms with Crippen LogP contribution in [-0.2, 0) is 59.2 Å². The first-order valence-corrected chi connectivity index (χ1v) is 22.9. The van der Waals surface area contributed by atoms with Gasteiger partial charge in [-0.05, 0) is 38.1 Å². The number of pyridine rings is 2. The Morgan fingerprint density at radius 2 is 1.06 bits per heavy atom. The van der Waals surface area contributed by atoms with Gasteiger partial charge in [0.15, 0.2) is 0 Å². The minimum absolute atomic E-state index is 0.0801. The van der Waals surface area contributed by atoms with Gasteiger partial charge in [-0.15, -0.1) is 0 Å². The highest BCUT2D eigenvalue weighted by Gasteiger charge is 2.58. The van der Waals surface area contributed by atoms with E-state index >= 15 is 0 Å². The summed E-state index contributed by atoms with van der Waals surface area (Å²) in [6.45, 7) is 8.13. The molecule has 2 saturated heterocycles. The lowest BCUT2D eigenvalue weighted by Gasteiger charge is -2.38. The van der Waals surface area contributed by atoms with Crippen molar-refractivity contribution in [2.24, 2.45) is 37.8 Å². The van der Waals surface area contributed by atoms with Gasteiger partial charge < -0.3 is 48.9 Å². The maximum Gasteiger partial charge on any atom is 0.258 e. The molecule has 2 fully saturated rings. The molecule has 66 heavy (non-hydrogen) atoms. The van der Waals surface area contributed by atoms with Gasteiger partial charge in [-0.25, -0.2) is 9.97 Å². The molecule has 4 N–H and O–H groups in total. The molecule has 8 atom stereocenters. The predicted molar refractivity (Wildman–Crippen MR) is 246 cm³/mol. The van der Waals surface area contributed by atoms with Crippen LogP contribution in [0.1, 0.15) is 86.5 Å². The summed E-state index contributed by atoms with van der Waals surface area (Å²) in [7, 11) is 3.78. The summed E-state index contributed by atoms with van der Waals surface area (Å²) in [5.41, 5.74) is 3.88. The van der Waals surface area contributed by atoms with Crippen molar-refractivity contribution < 1.29 is 29.4 Å². The first-order valence-electron chi connectivity index (χ1n) is 22.9. The lowest BCUT2D eigenvalue weighted by molar-refractivity contribution is -0.137. The van der Waals surface area contributed by atoms with Crippen LogP contribution >= 0.6 is 0 Å². The van der Waals surface area contributed by atoms with Gasteiger partial charge in [0.1, 0.15) is 0 Å². The molecule has 4 bridgehead atoms. The summed E-state index contributed by atoms with van der Waals surface area (Å²) in [5.74, 6) is -2.78. The minimum Gasteiger partial charge on any atom is -0.396 e. The standard InChI is InChI=1S/2C24H31N5O4/c2*1-4-6-15-7-8-18-22-21(23(32)25-10-9-16-11-27(3)14-26-16)17(13-30)19(12-28(18)24(15)33)29(22)20(31)5-2/h2*4,6-8,11,14,17,19,21-22,30H,5,9-10,12-13H2,1-3H3,(H,25,32)/b6-4+;6-4-/t2*17-,19-,21+,22+/m11/s1. The molecule has 8 rings (SSSR count). The molecular formula is C48H62N10O8. The van der Waals surface area contributed by atoms with E-state index in [4.69, 9.17) is 0 Å². The predicted octanol–water partition coefficient (Wildman–Crippen LogP) is 1.75. The van der Waals surface area contributed by atoms with Gasteiger partial charge in [-0.2, -0.15) is 0 Å². The van der Waals surface area contributed by atoms with E-state index in [1.54, 1.807) is 69.7 Å². The maximum atomic E-state index is 13.4. The number of nitrogens with one attached hydrogen (secondary N) is 2. The number of allylic oxidation sites excluding steroid dienone is 2. The number of fused-ring (bicyclic) bond motifs is 8. The molecule has 0 aliphatic carbocycles. The quantitative estimate of drug-likeness (QED) is 0.144. The summed E-state index contributed by atoms with van der Waals surface area (Å²) in [5, 5.41) is 26.5. The van der Waals surface area contributed by atoms with E-state index < -0.39 is 47.8 Å². The first kappa shape index (κ1) is 47.6. The van der Waals surface area contributed by atoms with Crippen molar-refractivity contribution in [3.05, 3.63) is 116 Å². The van der Waals surface area contributed by atoms with Crippen molar-refractivity contribution in [1.82, 2.24) is 48.7 Å². The smallest absolute Gasteiger partial charge is 0.258 e. The Morgan fingerprint density at radius 3 is 1.38 bits per heavy atom. The van der Waals surface area contributed by atoms with Crippen LogP contribution in [0.15, 0.2) is 71.1 Å². The fourth-order valence-corrected chi connectivity index (χ4v) is 10.6. The summed E-state index contributed by atoms with van der Waals surface area (Å²) < 4.78 is 7.05. The SMILES string of the molecule is C/C=C/c1ccc2n(c1=O)C[C@@H]1[C@@H](CO)[C@H](C(=O)NCCc3cn(C)cn3)[C@H]2N1C(=O)CC.C/C=C\c1ccc2n(c1=O)C[C@@H]1[C@@H](CO)[C@H](C(=O)NCCc3cn(C)cn3)[C@H]2N1C(=O)CC. The van der Waals surface area contributed by atoms with E-state index in [1.807, 2.05) is 73.8 Å². The van der Waals surface area contributed by atoms with Crippen molar-refractivity contribution >= 4 is 35.8 Å². The summed E-state index contributed by atoms with van der Waals surface area (Å²) in [6.07, 6.45) is 16.1. The zero-order valence-corrected chi connectivity index (χ0v) is 38.5. The number of aliphatic hydroxyl groups excluding tert-OH is 2. The largest absolute Gasteiger partial charge is 0.396 e. The maximum absolute atomic E-state index is 13.4. The van der Waals surface area contributed by atoms with E-state index in [0.29, 0.717) is 61.3 Å². The Morgan fingerprint density at radius 1 is 0.667 bits per heavy atom. The van der Waals surface area contributed by atoms with Gasteiger partial charge in [0.2, 0.25) is 23.6 Å². The number of aromatic nitrogens is 6. The van der Waals surface area contributed by atoms with E-state index in [2.05, 4.69) is 20.6 Å². The average molecular weight is 907 g/mol. The number of carbonyl (C=O) groups is 4. The van der Waals surface area contributed by atoms with E-state index in [0.717, 1.165) is 11.4 Å². The van der Waals surface area contributed by atoms with Crippen molar-refractivity contribution in [3.63, 3.8) is 0 Å². The molecule has 4 aliphatic rings. The molecule has 18 nitrogen and oxygen atoms in total. The molecule has 4 aromatic rings. The van der Waals surface area contributed by atoms with Gasteiger partial charge >= 0.3 is 0 Å². The lowest BCUT2D eigenvalue weighted by atomic mass is 9.86. The molecule has 4 aromatic heterocycles. The van der Waals surface area contributed by atoms with Crippen LogP contribution in [0.2, 0.25) is 0 Å². The van der Waals surface area contributed by atoms with Crippen molar-refractivity contribution in [1.29, 1.82) is 0 Å². The summed E-state index contributed by atoms with van der Waals surface area (Å²) >= 11 is 0. The van der Waals surface area contributed by atoms with Crippen molar-refractivity contribution in [3.8, 4) is 0 Å². The fraction of sp³-hybridized carbons (Fsp3) is 0.500. The third-order valence-corrected chi connectivity index (χ3v) is 13.5. The summed E-state index contributed by atoms with van der Waals surface area (Å²) in [4.78, 5) is 90.9. The van der Waals surface area contributed by atoms with Gasteiger partial charge in [0, 0.05) is 126 Å². The first-order chi connectivity index (χ1) is 31.8. The van der Waals surface area contributed by atoms with Crippen LogP contribution in [0.3, 0.4) is 0 Å². The number of hydrogen-bond acceptors (Lipinski definition) is 10. The molecule has 352 valence electrons. The summed E-state index contributed by atoms with van der Waals surface area (Å²) in [6, 6.07) is 5.15. The topological polar surface area (TPSA) is 219 Å². The number of hydrogen-bond donors (Lipinski definition) is 4. The third kappa shape index (κ3) is 8.95. The number of aryl methyl sites for hydroxylation is 2. The van der Waals surface area contributed by atoms with Crippen LogP contribution < -0.4 is 21.8 Å². The molecule has 0 radical (unpaired) electrons. The molecule has 0 saturated carbocycles. The van der Waals surface area contributed by atoms with Gasteiger partial charge in [-0.3, -0.25) is 28.8 Å². The fourth-order valence-electron chi connectivity index (χ4n) is 10.6. The number of nitrogens with zero attached hydrogens (tertiary/aromatic N) is 8. The number of amides is 4. The van der Waals surface area contributed by atoms with Crippen LogP contribution in [0.4, 0.5) is 0 Å². The molecule has 0 aromatic carbocycles. The number of rotatable bonds is 14. The van der Waals surface area contributed by atoms with Gasteiger partial charge in [-0.1, -0.05) is 38.2 Å². The van der Waals surface area contributed by atoms with Crippen LogP contribution in [-0.4, -0.2) is 110 Å². The van der Waals surface area contributed by atoms with Crippen LogP contribution in [0.25, 0.3) is 12.2 Å².